The molecule has 8 heteroatoms. The van der Waals surface area contributed by atoms with Gasteiger partial charge in [0.25, 0.3) is 0 Å². The molecule has 0 saturated carbocycles. The van der Waals surface area contributed by atoms with Crippen LogP contribution in [0.25, 0.3) is 0 Å². The molecule has 7 nitrogen and oxygen atoms in total. The standard InChI is InChI=1S/C17H23NO6S/c1-23-16(19)13-8-9-14(17(20)24-2)15(12-13)25(21,22)18-10-6-4-3-5-7-11-18/h8-9,12H,3-7,10-11H2,1-2H3. The first-order valence-electron chi connectivity index (χ1n) is 8.22. The number of nitrogens with zero attached hydrogens (tertiary/aromatic N) is 1. The van der Waals surface area contributed by atoms with Gasteiger partial charge in [-0.25, -0.2) is 18.0 Å². The summed E-state index contributed by atoms with van der Waals surface area (Å²) in [6.07, 6.45) is 4.57. The van der Waals surface area contributed by atoms with E-state index in [9.17, 15) is 18.0 Å². The molecule has 25 heavy (non-hydrogen) atoms. The molecule has 1 aromatic carbocycles. The lowest BCUT2D eigenvalue weighted by Gasteiger charge is -2.25. The Morgan fingerprint density at radius 3 is 2.04 bits per heavy atom. The fourth-order valence-corrected chi connectivity index (χ4v) is 4.58. The Morgan fingerprint density at radius 1 is 0.920 bits per heavy atom. The number of carbonyl (C=O) groups excluding carboxylic acids is 2. The van der Waals surface area contributed by atoms with Gasteiger partial charge in [-0.05, 0) is 31.0 Å². The maximum atomic E-state index is 13.1. The first-order chi connectivity index (χ1) is 11.9. The molecule has 0 radical (unpaired) electrons. The molecule has 0 unspecified atom stereocenters. The zero-order valence-corrected chi connectivity index (χ0v) is 15.3. The van der Waals surface area contributed by atoms with E-state index in [1.807, 2.05) is 0 Å². The molecule has 0 aliphatic carbocycles. The van der Waals surface area contributed by atoms with E-state index in [1.165, 1.54) is 36.7 Å². The normalized spacial score (nSPS) is 16.6. The molecule has 0 N–H and O–H groups in total. The van der Waals surface area contributed by atoms with E-state index in [4.69, 9.17) is 4.74 Å². The summed E-state index contributed by atoms with van der Waals surface area (Å²) < 4.78 is 37.0. The number of methoxy groups -OCH3 is 2. The van der Waals surface area contributed by atoms with Crippen molar-refractivity contribution in [3.8, 4) is 0 Å². The average molecular weight is 369 g/mol. The highest BCUT2D eigenvalue weighted by atomic mass is 32.2. The molecule has 1 aliphatic rings. The van der Waals surface area contributed by atoms with Crippen molar-refractivity contribution in [3.05, 3.63) is 29.3 Å². The second-order valence-electron chi connectivity index (χ2n) is 5.87. The largest absolute Gasteiger partial charge is 0.465 e. The third-order valence-electron chi connectivity index (χ3n) is 4.24. The smallest absolute Gasteiger partial charge is 0.339 e. The van der Waals surface area contributed by atoms with E-state index in [2.05, 4.69) is 4.74 Å². The second-order valence-corrected chi connectivity index (χ2v) is 7.77. The van der Waals surface area contributed by atoms with Crippen LogP contribution in [0.5, 0.6) is 0 Å². The monoisotopic (exact) mass is 369 g/mol. The number of carbonyl (C=O) groups is 2. The average Bonchev–Trinajstić information content (AvgIpc) is 2.59. The van der Waals surface area contributed by atoms with Crippen LogP contribution in [0.2, 0.25) is 0 Å². The molecule has 2 rings (SSSR count). The molecule has 1 fully saturated rings. The van der Waals surface area contributed by atoms with E-state index < -0.39 is 22.0 Å². The molecule has 1 heterocycles. The molecule has 138 valence electrons. The van der Waals surface area contributed by atoms with E-state index in [0.29, 0.717) is 13.1 Å². The number of esters is 2. The summed E-state index contributed by atoms with van der Waals surface area (Å²) in [5.41, 5.74) is -0.0158. The van der Waals surface area contributed by atoms with Crippen molar-refractivity contribution in [2.75, 3.05) is 27.3 Å². The van der Waals surface area contributed by atoms with Crippen molar-refractivity contribution < 1.29 is 27.5 Å². The highest BCUT2D eigenvalue weighted by Gasteiger charge is 2.30. The maximum absolute atomic E-state index is 13.1. The third-order valence-corrected chi connectivity index (χ3v) is 6.18. The lowest BCUT2D eigenvalue weighted by molar-refractivity contribution is 0.0583. The van der Waals surface area contributed by atoms with Crippen molar-refractivity contribution in [2.24, 2.45) is 0 Å². The van der Waals surface area contributed by atoms with Gasteiger partial charge >= 0.3 is 11.9 Å². The number of ether oxygens (including phenoxy) is 2. The van der Waals surface area contributed by atoms with Gasteiger partial charge in [-0.2, -0.15) is 4.31 Å². The van der Waals surface area contributed by atoms with Crippen molar-refractivity contribution in [2.45, 2.75) is 37.0 Å². The van der Waals surface area contributed by atoms with Crippen molar-refractivity contribution in [1.82, 2.24) is 4.31 Å². The van der Waals surface area contributed by atoms with E-state index >= 15 is 0 Å². The highest BCUT2D eigenvalue weighted by Crippen LogP contribution is 2.25. The Hall–Kier alpha value is -1.93. The van der Waals surface area contributed by atoms with Gasteiger partial charge < -0.3 is 9.47 Å². The molecule has 0 aromatic heterocycles. The fraction of sp³-hybridized carbons (Fsp3) is 0.529. The van der Waals surface area contributed by atoms with Gasteiger partial charge in [0.05, 0.1) is 30.2 Å². The fourth-order valence-electron chi connectivity index (χ4n) is 2.86. The molecule has 0 spiro atoms. The summed E-state index contributed by atoms with van der Waals surface area (Å²) in [6, 6.07) is 3.83. The summed E-state index contributed by atoms with van der Waals surface area (Å²) in [5.74, 6) is -1.43. The Bertz CT molecular complexity index is 736. The van der Waals surface area contributed by atoms with Crippen LogP contribution in [0.15, 0.2) is 23.1 Å². The van der Waals surface area contributed by atoms with Gasteiger partial charge in [-0.15, -0.1) is 0 Å². The molecule has 1 aromatic rings. The Kier molecular flexibility index (Phi) is 6.55. The quantitative estimate of drug-likeness (QED) is 0.756. The molecule has 0 atom stereocenters. The summed E-state index contributed by atoms with van der Waals surface area (Å²) in [6.45, 7) is 0.788. The predicted molar refractivity (Wildman–Crippen MR) is 91.0 cm³/mol. The van der Waals surface area contributed by atoms with Gasteiger partial charge in [0.2, 0.25) is 10.0 Å². The van der Waals surface area contributed by atoms with Crippen LogP contribution in [0, 0.1) is 0 Å². The Labute approximate surface area is 148 Å². The number of sulfonamides is 1. The summed E-state index contributed by atoms with van der Waals surface area (Å²) >= 11 is 0. The molecule has 0 amide bonds. The van der Waals surface area contributed by atoms with Gasteiger partial charge in [0.1, 0.15) is 0 Å². The van der Waals surface area contributed by atoms with Gasteiger partial charge in [0, 0.05) is 13.1 Å². The number of hydrogen-bond acceptors (Lipinski definition) is 6. The van der Waals surface area contributed by atoms with Gasteiger partial charge in [-0.3, -0.25) is 0 Å². The van der Waals surface area contributed by atoms with E-state index in [-0.39, 0.29) is 16.0 Å². The summed E-state index contributed by atoms with van der Waals surface area (Å²) in [7, 11) is -1.53. The van der Waals surface area contributed by atoms with Crippen molar-refractivity contribution in [1.29, 1.82) is 0 Å². The van der Waals surface area contributed by atoms with E-state index in [0.717, 1.165) is 32.1 Å². The van der Waals surface area contributed by atoms with E-state index in [1.54, 1.807) is 0 Å². The van der Waals surface area contributed by atoms with Crippen LogP contribution in [0.4, 0.5) is 0 Å². The highest BCUT2D eigenvalue weighted by molar-refractivity contribution is 7.89. The predicted octanol–water partition coefficient (Wildman–Crippen LogP) is 2.21. The molecule has 1 aliphatic heterocycles. The van der Waals surface area contributed by atoms with Crippen LogP contribution in [-0.2, 0) is 19.5 Å². The van der Waals surface area contributed by atoms with Crippen molar-refractivity contribution in [3.63, 3.8) is 0 Å². The SMILES string of the molecule is COC(=O)c1ccc(C(=O)OC)c(S(=O)(=O)N2CCCCCCC2)c1. The van der Waals surface area contributed by atoms with Crippen molar-refractivity contribution >= 4 is 22.0 Å². The van der Waals surface area contributed by atoms with Gasteiger partial charge in [0.15, 0.2) is 0 Å². The second kappa shape index (κ2) is 8.44. The minimum atomic E-state index is -3.93. The topological polar surface area (TPSA) is 90.0 Å². The minimum Gasteiger partial charge on any atom is -0.465 e. The molecule has 0 bridgehead atoms. The minimum absolute atomic E-state index is 0.0702. The maximum Gasteiger partial charge on any atom is 0.339 e. The van der Waals surface area contributed by atoms with Gasteiger partial charge in [-0.1, -0.05) is 19.3 Å². The summed E-state index contributed by atoms with van der Waals surface area (Å²) in [4.78, 5) is 23.6. The Morgan fingerprint density at radius 2 is 1.48 bits per heavy atom. The zero-order valence-electron chi connectivity index (χ0n) is 14.5. The Balaban J connectivity index is 2.51. The number of benzene rings is 1. The third kappa shape index (κ3) is 4.38. The molecular formula is C17H23NO6S. The first-order valence-corrected chi connectivity index (χ1v) is 9.66. The van der Waals surface area contributed by atoms with Crippen LogP contribution in [-0.4, -0.2) is 52.0 Å². The molecule has 1 saturated heterocycles. The lowest BCUT2D eigenvalue weighted by atomic mass is 10.1. The van der Waals surface area contributed by atoms with Crippen LogP contribution in [0.3, 0.4) is 0 Å². The zero-order chi connectivity index (χ0) is 18.4. The number of rotatable bonds is 4. The summed E-state index contributed by atoms with van der Waals surface area (Å²) in [5, 5.41) is 0. The van der Waals surface area contributed by atoms with Crippen LogP contribution in [0.1, 0.15) is 52.8 Å². The van der Waals surface area contributed by atoms with Crippen LogP contribution >= 0.6 is 0 Å². The number of hydrogen-bond donors (Lipinski definition) is 0. The van der Waals surface area contributed by atoms with Crippen LogP contribution < -0.4 is 0 Å². The molecular weight excluding hydrogens is 346 g/mol. The first kappa shape index (κ1) is 19.4. The lowest BCUT2D eigenvalue weighted by Crippen LogP contribution is -2.35.